The van der Waals surface area contributed by atoms with E-state index in [0.717, 1.165) is 5.69 Å². The maximum Gasteiger partial charge on any atom is 0.229 e. The van der Waals surface area contributed by atoms with Gasteiger partial charge in [-0.05, 0) is 18.2 Å². The second-order valence-electron chi connectivity index (χ2n) is 4.16. The van der Waals surface area contributed by atoms with Crippen molar-refractivity contribution in [1.82, 2.24) is 20.2 Å². The quantitative estimate of drug-likeness (QED) is 0.677. The maximum atomic E-state index is 9.08. The van der Waals surface area contributed by atoms with Crippen LogP contribution in [-0.2, 0) is 0 Å². The summed E-state index contributed by atoms with van der Waals surface area (Å²) >= 11 is 0. The molecular formula is C14H11N7. The van der Waals surface area contributed by atoms with Crippen LogP contribution in [0.4, 0.5) is 23.1 Å². The van der Waals surface area contributed by atoms with Gasteiger partial charge in [-0.3, -0.25) is 5.10 Å². The van der Waals surface area contributed by atoms with E-state index < -0.39 is 0 Å². The maximum absolute atomic E-state index is 9.08. The Morgan fingerprint density at radius 3 is 2.86 bits per heavy atom. The minimum Gasteiger partial charge on any atom is -0.339 e. The number of para-hydroxylation sites is 1. The molecule has 0 saturated heterocycles. The van der Waals surface area contributed by atoms with Crippen LogP contribution in [0.15, 0.2) is 48.9 Å². The van der Waals surface area contributed by atoms with Gasteiger partial charge in [0.2, 0.25) is 5.95 Å². The fourth-order valence-electron chi connectivity index (χ4n) is 1.76. The number of nitrogens with one attached hydrogen (secondary N) is 3. The van der Waals surface area contributed by atoms with Crippen LogP contribution in [0.2, 0.25) is 0 Å². The average Bonchev–Trinajstić information content (AvgIpc) is 3.01. The van der Waals surface area contributed by atoms with Crippen molar-refractivity contribution in [2.45, 2.75) is 0 Å². The zero-order valence-electron chi connectivity index (χ0n) is 10.9. The number of H-pyrrole nitrogens is 1. The molecule has 0 bridgehead atoms. The summed E-state index contributed by atoms with van der Waals surface area (Å²) in [4.78, 5) is 8.46. The standard InChI is InChI=1S/C14H11N7/c15-7-10-3-1-2-4-12(10)20-13-5-6-16-14(21-13)19-11-8-17-18-9-11/h1-6,8-9H,(H,17,18)(H2,16,19,20,21). The van der Waals surface area contributed by atoms with Crippen LogP contribution in [0.25, 0.3) is 0 Å². The van der Waals surface area contributed by atoms with Gasteiger partial charge < -0.3 is 10.6 Å². The Kier molecular flexibility index (Phi) is 3.43. The first kappa shape index (κ1) is 12.6. The van der Waals surface area contributed by atoms with Gasteiger partial charge in [-0.15, -0.1) is 0 Å². The van der Waals surface area contributed by atoms with Gasteiger partial charge in [0.05, 0.1) is 23.1 Å². The summed E-state index contributed by atoms with van der Waals surface area (Å²) in [5, 5.41) is 21.7. The summed E-state index contributed by atoms with van der Waals surface area (Å²) < 4.78 is 0. The van der Waals surface area contributed by atoms with Crippen LogP contribution in [0.5, 0.6) is 0 Å². The van der Waals surface area contributed by atoms with Crippen molar-refractivity contribution < 1.29 is 0 Å². The minimum atomic E-state index is 0.441. The first-order valence-corrected chi connectivity index (χ1v) is 6.20. The van der Waals surface area contributed by atoms with Crippen LogP contribution in [0, 0.1) is 11.3 Å². The van der Waals surface area contributed by atoms with Gasteiger partial charge in [-0.1, -0.05) is 12.1 Å². The highest BCUT2D eigenvalue weighted by atomic mass is 15.2. The summed E-state index contributed by atoms with van der Waals surface area (Å²) in [5.74, 6) is 1.04. The second kappa shape index (κ2) is 5.71. The van der Waals surface area contributed by atoms with E-state index in [0.29, 0.717) is 23.0 Å². The lowest BCUT2D eigenvalue weighted by Crippen LogP contribution is -2.00. The number of hydrogen-bond acceptors (Lipinski definition) is 6. The van der Waals surface area contributed by atoms with Crippen molar-refractivity contribution in [3.63, 3.8) is 0 Å². The predicted octanol–water partition coefficient (Wildman–Crippen LogP) is 2.56. The molecule has 102 valence electrons. The van der Waals surface area contributed by atoms with Crippen LogP contribution in [0.3, 0.4) is 0 Å². The largest absolute Gasteiger partial charge is 0.339 e. The Hall–Kier alpha value is -3.40. The number of benzene rings is 1. The van der Waals surface area contributed by atoms with Gasteiger partial charge in [0.1, 0.15) is 11.9 Å². The first-order chi connectivity index (χ1) is 10.3. The molecule has 3 aromatic rings. The van der Waals surface area contributed by atoms with E-state index in [1.807, 2.05) is 18.2 Å². The van der Waals surface area contributed by atoms with Gasteiger partial charge in [0.15, 0.2) is 0 Å². The van der Waals surface area contributed by atoms with Crippen molar-refractivity contribution in [2.75, 3.05) is 10.6 Å². The topological polar surface area (TPSA) is 102 Å². The molecule has 3 N–H and O–H groups in total. The average molecular weight is 277 g/mol. The monoisotopic (exact) mass is 277 g/mol. The molecule has 0 spiro atoms. The highest BCUT2D eigenvalue weighted by Gasteiger charge is 2.04. The number of aromatic nitrogens is 4. The molecule has 3 rings (SSSR count). The van der Waals surface area contributed by atoms with Crippen molar-refractivity contribution in [1.29, 1.82) is 5.26 Å². The van der Waals surface area contributed by atoms with E-state index in [9.17, 15) is 0 Å². The van der Waals surface area contributed by atoms with Gasteiger partial charge in [-0.25, -0.2) is 4.98 Å². The molecule has 0 aliphatic heterocycles. The zero-order valence-corrected chi connectivity index (χ0v) is 10.9. The van der Waals surface area contributed by atoms with Crippen molar-refractivity contribution in [3.05, 3.63) is 54.5 Å². The fourth-order valence-corrected chi connectivity index (χ4v) is 1.76. The second-order valence-corrected chi connectivity index (χ2v) is 4.16. The molecule has 0 fully saturated rings. The molecule has 0 aliphatic carbocycles. The van der Waals surface area contributed by atoms with Gasteiger partial charge in [0.25, 0.3) is 0 Å². The molecule has 0 radical (unpaired) electrons. The lowest BCUT2D eigenvalue weighted by Gasteiger charge is -2.08. The lowest BCUT2D eigenvalue weighted by atomic mass is 10.2. The van der Waals surface area contributed by atoms with E-state index in [1.165, 1.54) is 0 Å². The van der Waals surface area contributed by atoms with Crippen molar-refractivity contribution in [2.24, 2.45) is 0 Å². The number of aromatic amines is 1. The molecule has 0 atom stereocenters. The van der Waals surface area contributed by atoms with E-state index >= 15 is 0 Å². The lowest BCUT2D eigenvalue weighted by molar-refractivity contribution is 1.09. The summed E-state index contributed by atoms with van der Waals surface area (Å²) in [5.41, 5.74) is 2.03. The smallest absolute Gasteiger partial charge is 0.229 e. The number of rotatable bonds is 4. The summed E-state index contributed by atoms with van der Waals surface area (Å²) in [6.45, 7) is 0. The van der Waals surface area contributed by atoms with Gasteiger partial charge in [0, 0.05) is 12.4 Å². The van der Waals surface area contributed by atoms with Crippen molar-refractivity contribution in [3.8, 4) is 6.07 Å². The molecule has 0 unspecified atom stereocenters. The summed E-state index contributed by atoms with van der Waals surface area (Å²) in [6, 6.07) is 11.1. The number of nitrogens with zero attached hydrogens (tertiary/aromatic N) is 4. The molecule has 0 saturated carbocycles. The number of hydrogen-bond donors (Lipinski definition) is 3. The molecule has 21 heavy (non-hydrogen) atoms. The van der Waals surface area contributed by atoms with Gasteiger partial charge in [-0.2, -0.15) is 15.3 Å². The fraction of sp³-hybridized carbons (Fsp3) is 0. The summed E-state index contributed by atoms with van der Waals surface area (Å²) in [6.07, 6.45) is 4.97. The molecule has 0 aliphatic rings. The Balaban J connectivity index is 1.82. The third-order valence-electron chi connectivity index (χ3n) is 2.72. The Morgan fingerprint density at radius 2 is 2.05 bits per heavy atom. The van der Waals surface area contributed by atoms with Crippen LogP contribution >= 0.6 is 0 Å². The molecule has 0 amide bonds. The Labute approximate surface area is 120 Å². The number of nitriles is 1. The first-order valence-electron chi connectivity index (χ1n) is 6.20. The SMILES string of the molecule is N#Cc1ccccc1Nc1ccnc(Nc2cn[nH]c2)n1. The minimum absolute atomic E-state index is 0.441. The normalized spacial score (nSPS) is 9.86. The van der Waals surface area contributed by atoms with Crippen LogP contribution in [0.1, 0.15) is 5.56 Å². The molecule has 7 nitrogen and oxygen atoms in total. The molecule has 7 heteroatoms. The van der Waals surface area contributed by atoms with E-state index in [4.69, 9.17) is 5.26 Å². The summed E-state index contributed by atoms with van der Waals surface area (Å²) in [7, 11) is 0. The van der Waals surface area contributed by atoms with E-state index in [2.05, 4.69) is 36.9 Å². The van der Waals surface area contributed by atoms with Crippen LogP contribution in [-0.4, -0.2) is 20.2 Å². The van der Waals surface area contributed by atoms with Gasteiger partial charge >= 0.3 is 0 Å². The highest BCUT2D eigenvalue weighted by molar-refractivity contribution is 5.65. The molecule has 2 aromatic heterocycles. The molecular weight excluding hydrogens is 266 g/mol. The highest BCUT2D eigenvalue weighted by Crippen LogP contribution is 2.19. The van der Waals surface area contributed by atoms with Crippen LogP contribution < -0.4 is 10.6 Å². The third kappa shape index (κ3) is 2.96. The molecule has 1 aromatic carbocycles. The number of anilines is 4. The van der Waals surface area contributed by atoms with E-state index in [1.54, 1.807) is 30.7 Å². The Morgan fingerprint density at radius 1 is 1.14 bits per heavy atom. The zero-order chi connectivity index (χ0) is 14.5. The Bertz CT molecular complexity index is 774. The van der Waals surface area contributed by atoms with E-state index in [-0.39, 0.29) is 0 Å². The van der Waals surface area contributed by atoms with Crippen molar-refractivity contribution >= 4 is 23.1 Å². The predicted molar refractivity (Wildman–Crippen MR) is 78.3 cm³/mol. The third-order valence-corrected chi connectivity index (χ3v) is 2.72. The molecule has 2 heterocycles.